The van der Waals surface area contributed by atoms with Gasteiger partial charge in [-0.2, -0.15) is 0 Å². The molecule has 0 saturated heterocycles. The Labute approximate surface area is 195 Å². The molecule has 0 spiro atoms. The van der Waals surface area contributed by atoms with Crippen molar-refractivity contribution in [2.75, 3.05) is 11.9 Å². The van der Waals surface area contributed by atoms with Crippen LogP contribution in [0.2, 0.25) is 0 Å². The fraction of sp³-hybridized carbons (Fsp3) is 0.240. The van der Waals surface area contributed by atoms with E-state index >= 15 is 0 Å². The molecule has 1 aromatic heterocycles. The highest BCUT2D eigenvalue weighted by Gasteiger charge is 2.32. The fourth-order valence-corrected chi connectivity index (χ4v) is 5.43. The van der Waals surface area contributed by atoms with Crippen molar-refractivity contribution < 1.29 is 14.0 Å². The van der Waals surface area contributed by atoms with Crippen LogP contribution in [0.3, 0.4) is 0 Å². The number of hydrogen-bond donors (Lipinski definition) is 2. The van der Waals surface area contributed by atoms with Gasteiger partial charge in [0.2, 0.25) is 6.17 Å². The summed E-state index contributed by atoms with van der Waals surface area (Å²) in [6, 6.07) is 15.0. The molecule has 0 fully saturated rings. The summed E-state index contributed by atoms with van der Waals surface area (Å²) in [7, 11) is 1.63. The molecule has 2 N–H and O–H groups in total. The van der Waals surface area contributed by atoms with Gasteiger partial charge in [-0.3, -0.25) is 4.79 Å². The van der Waals surface area contributed by atoms with Crippen molar-refractivity contribution >= 4 is 34.7 Å². The van der Waals surface area contributed by atoms with Crippen molar-refractivity contribution in [3.8, 4) is 0 Å². The quantitative estimate of drug-likeness (QED) is 0.605. The Hall–Kier alpha value is -3.52. The van der Waals surface area contributed by atoms with Gasteiger partial charge in [0.05, 0.1) is 17.4 Å². The maximum Gasteiger partial charge on any atom is 0.317 e. The molecule has 6 nitrogen and oxygen atoms in total. The predicted molar refractivity (Wildman–Crippen MR) is 127 cm³/mol. The number of halogens is 1. The van der Waals surface area contributed by atoms with Gasteiger partial charge in [0.15, 0.2) is 0 Å². The first-order valence-corrected chi connectivity index (χ1v) is 11.7. The number of nitrogens with one attached hydrogen (secondary N) is 2. The molecule has 168 valence electrons. The molecule has 2 heterocycles. The zero-order chi connectivity index (χ0) is 22.9. The molecule has 5 rings (SSSR count). The highest BCUT2D eigenvalue weighted by Crippen LogP contribution is 2.33. The first-order valence-electron chi connectivity index (χ1n) is 10.9. The normalized spacial score (nSPS) is 19.8. The number of rotatable bonds is 3. The Morgan fingerprint density at radius 2 is 1.85 bits per heavy atom. The van der Waals surface area contributed by atoms with Crippen molar-refractivity contribution in [2.45, 2.75) is 31.5 Å². The third-order valence-corrected chi connectivity index (χ3v) is 7.09. The van der Waals surface area contributed by atoms with E-state index in [-0.39, 0.29) is 11.6 Å². The molecule has 0 bridgehead atoms. The molecule has 2 aromatic carbocycles. The van der Waals surface area contributed by atoms with E-state index in [9.17, 15) is 14.0 Å². The van der Waals surface area contributed by atoms with Gasteiger partial charge in [0, 0.05) is 23.1 Å². The lowest BCUT2D eigenvalue weighted by atomic mass is 9.94. The molecule has 0 saturated carbocycles. The summed E-state index contributed by atoms with van der Waals surface area (Å²) in [6.45, 7) is 0. The molecule has 2 atom stereocenters. The number of para-hydroxylation sites is 1. The van der Waals surface area contributed by atoms with Gasteiger partial charge in [0.1, 0.15) is 5.82 Å². The van der Waals surface area contributed by atoms with Crippen LogP contribution < -0.4 is 15.5 Å². The number of likely N-dealkylation sites (N-methyl/N-ethyl adjacent to an activating group) is 1. The number of carbonyl (C=O) groups is 2. The number of benzodiazepines with no additional fused rings is 1. The summed E-state index contributed by atoms with van der Waals surface area (Å²) in [5, 5.41) is 7.75. The van der Waals surface area contributed by atoms with Crippen LogP contribution in [0, 0.1) is 5.82 Å². The monoisotopic (exact) mass is 462 g/mol. The second-order valence-electron chi connectivity index (χ2n) is 8.14. The lowest BCUT2D eigenvalue weighted by molar-refractivity contribution is -0.119. The number of amides is 3. The second-order valence-corrected chi connectivity index (χ2v) is 9.14. The zero-order valence-electron chi connectivity index (χ0n) is 18.0. The standard InChI is InChI=1S/C25H23FN4O2S/c1-30-20-11-5-3-8-17(20)22(15-7-2-4-9-18(15)26)28-23(24(30)31)29-25(32)27-19-10-6-12-21-16(19)13-14-33-21/h2-5,7-9,11,13-14,19,23H,6,10,12H2,1H3,(H2,27,29,32). The Kier molecular flexibility index (Phi) is 5.68. The molecule has 1 aliphatic heterocycles. The van der Waals surface area contributed by atoms with Gasteiger partial charge in [-0.1, -0.05) is 30.3 Å². The van der Waals surface area contributed by atoms with Crippen molar-refractivity contribution in [1.29, 1.82) is 0 Å². The van der Waals surface area contributed by atoms with E-state index in [4.69, 9.17) is 0 Å². The lowest BCUT2D eigenvalue weighted by Crippen LogP contribution is -2.50. The van der Waals surface area contributed by atoms with Gasteiger partial charge < -0.3 is 15.5 Å². The number of fused-ring (bicyclic) bond motifs is 2. The number of carbonyl (C=O) groups excluding carboxylic acids is 2. The first-order chi connectivity index (χ1) is 16.0. The molecule has 33 heavy (non-hydrogen) atoms. The molecule has 3 aromatic rings. The summed E-state index contributed by atoms with van der Waals surface area (Å²) < 4.78 is 14.7. The van der Waals surface area contributed by atoms with Crippen LogP contribution in [-0.4, -0.2) is 30.9 Å². The van der Waals surface area contributed by atoms with Crippen LogP contribution in [0.1, 0.15) is 40.5 Å². The van der Waals surface area contributed by atoms with Gasteiger partial charge >= 0.3 is 6.03 Å². The molecular weight excluding hydrogens is 439 g/mol. The van der Waals surface area contributed by atoms with E-state index in [1.54, 1.807) is 48.7 Å². The maximum absolute atomic E-state index is 14.7. The molecule has 1 aliphatic carbocycles. The molecule has 8 heteroatoms. The van der Waals surface area contributed by atoms with Crippen molar-refractivity contribution in [2.24, 2.45) is 4.99 Å². The fourth-order valence-electron chi connectivity index (χ4n) is 4.44. The summed E-state index contributed by atoms with van der Waals surface area (Å²) in [5.41, 5.74) is 2.95. The van der Waals surface area contributed by atoms with Gasteiger partial charge in [-0.05, 0) is 54.5 Å². The van der Waals surface area contributed by atoms with Gasteiger partial charge in [-0.15, -0.1) is 11.3 Å². The highest BCUT2D eigenvalue weighted by atomic mass is 32.1. The zero-order valence-corrected chi connectivity index (χ0v) is 18.9. The molecule has 3 amide bonds. The number of aryl methyl sites for hydroxylation is 1. The molecular formula is C25H23FN4O2S. The number of nitrogens with zero attached hydrogens (tertiary/aromatic N) is 2. The van der Waals surface area contributed by atoms with Crippen molar-refractivity contribution in [3.63, 3.8) is 0 Å². The third-order valence-electron chi connectivity index (χ3n) is 6.10. The topological polar surface area (TPSA) is 73.8 Å². The van der Waals surface area contributed by atoms with Crippen LogP contribution in [0.15, 0.2) is 65.0 Å². The van der Waals surface area contributed by atoms with E-state index in [0.717, 1.165) is 24.8 Å². The SMILES string of the molecule is CN1C(=O)C(NC(=O)NC2CCCc3sccc32)N=C(c2ccccc2F)c2ccccc21. The molecule has 2 unspecified atom stereocenters. The lowest BCUT2D eigenvalue weighted by Gasteiger charge is -2.25. The van der Waals surface area contributed by atoms with Crippen molar-refractivity contribution in [1.82, 2.24) is 10.6 Å². The van der Waals surface area contributed by atoms with Crippen LogP contribution in [0.25, 0.3) is 0 Å². The highest BCUT2D eigenvalue weighted by molar-refractivity contribution is 7.10. The van der Waals surface area contributed by atoms with E-state index < -0.39 is 23.9 Å². The number of urea groups is 1. The van der Waals surface area contributed by atoms with Crippen LogP contribution in [-0.2, 0) is 11.2 Å². The largest absolute Gasteiger partial charge is 0.331 e. The number of anilines is 1. The van der Waals surface area contributed by atoms with Crippen LogP contribution in [0.4, 0.5) is 14.9 Å². The van der Waals surface area contributed by atoms with E-state index in [1.165, 1.54) is 15.8 Å². The smallest absolute Gasteiger partial charge is 0.317 e. The Balaban J connectivity index is 1.47. The van der Waals surface area contributed by atoms with Gasteiger partial charge in [0.25, 0.3) is 5.91 Å². The van der Waals surface area contributed by atoms with Gasteiger partial charge in [-0.25, -0.2) is 14.2 Å². The minimum atomic E-state index is -1.19. The first kappa shape index (κ1) is 21.3. The summed E-state index contributed by atoms with van der Waals surface area (Å²) in [5.74, 6) is -0.845. The summed E-state index contributed by atoms with van der Waals surface area (Å²) in [6.07, 6.45) is 1.66. The minimum Gasteiger partial charge on any atom is -0.331 e. The number of aliphatic imine (C=N–C) groups is 1. The Morgan fingerprint density at radius 1 is 1.09 bits per heavy atom. The minimum absolute atomic E-state index is 0.106. The Bertz CT molecular complexity index is 1250. The van der Waals surface area contributed by atoms with E-state index in [1.807, 2.05) is 23.6 Å². The number of thiophene rings is 1. The second kappa shape index (κ2) is 8.78. The van der Waals surface area contributed by atoms with E-state index in [0.29, 0.717) is 17.0 Å². The number of hydrogen-bond acceptors (Lipinski definition) is 4. The van der Waals surface area contributed by atoms with Crippen molar-refractivity contribution in [3.05, 3.63) is 87.4 Å². The molecule has 0 radical (unpaired) electrons. The van der Waals surface area contributed by atoms with Crippen LogP contribution >= 0.6 is 11.3 Å². The van der Waals surface area contributed by atoms with Crippen LogP contribution in [0.5, 0.6) is 0 Å². The predicted octanol–water partition coefficient (Wildman–Crippen LogP) is 4.40. The maximum atomic E-state index is 14.7. The molecule has 2 aliphatic rings. The average Bonchev–Trinajstić information content (AvgIpc) is 3.28. The Morgan fingerprint density at radius 3 is 2.67 bits per heavy atom. The summed E-state index contributed by atoms with van der Waals surface area (Å²) in [4.78, 5) is 33.5. The number of benzene rings is 2. The van der Waals surface area contributed by atoms with E-state index in [2.05, 4.69) is 15.6 Å². The summed E-state index contributed by atoms with van der Waals surface area (Å²) >= 11 is 1.70. The third kappa shape index (κ3) is 4.02. The average molecular weight is 463 g/mol.